The topological polar surface area (TPSA) is 51.2 Å². The fraction of sp³-hybridized carbons (Fsp3) is 0.263. The first-order valence-corrected chi connectivity index (χ1v) is 7.87. The molecule has 0 radical (unpaired) electrons. The van der Waals surface area contributed by atoms with Crippen molar-refractivity contribution in [3.63, 3.8) is 0 Å². The second kappa shape index (κ2) is 5.27. The third-order valence-corrected chi connectivity index (χ3v) is 4.70. The Balaban J connectivity index is 2.10. The second-order valence-corrected chi connectivity index (χ2v) is 5.95. The third-order valence-electron chi connectivity index (χ3n) is 4.70. The summed E-state index contributed by atoms with van der Waals surface area (Å²) in [4.78, 5) is 0. The maximum absolute atomic E-state index is 9.52. The molecule has 0 fully saturated rings. The van der Waals surface area contributed by atoms with Crippen LogP contribution in [0, 0.1) is 0 Å². The van der Waals surface area contributed by atoms with Gasteiger partial charge in [-0.3, -0.25) is 0 Å². The van der Waals surface area contributed by atoms with E-state index in [1.165, 1.54) is 33.3 Å². The zero-order chi connectivity index (χ0) is 15.1. The minimum Gasteiger partial charge on any atom is -0.395 e. The zero-order valence-corrected chi connectivity index (χ0v) is 12.5. The highest BCUT2D eigenvalue weighted by Crippen LogP contribution is 2.41. The van der Waals surface area contributed by atoms with Gasteiger partial charge in [0, 0.05) is 23.5 Å². The molecule has 3 nitrogen and oxygen atoms in total. The highest BCUT2D eigenvalue weighted by atomic mass is 16.3. The lowest BCUT2D eigenvalue weighted by Crippen LogP contribution is -2.15. The molecule has 0 amide bonds. The first kappa shape index (κ1) is 13.6. The second-order valence-electron chi connectivity index (χ2n) is 5.95. The van der Waals surface area contributed by atoms with E-state index in [0.29, 0.717) is 6.54 Å². The van der Waals surface area contributed by atoms with Crippen molar-refractivity contribution in [3.05, 3.63) is 59.7 Å². The summed E-state index contributed by atoms with van der Waals surface area (Å²) >= 11 is 0. The fourth-order valence-corrected chi connectivity index (χ4v) is 3.78. The van der Waals surface area contributed by atoms with E-state index in [1.807, 2.05) is 6.07 Å². The largest absolute Gasteiger partial charge is 0.395 e. The minimum absolute atomic E-state index is 0.116. The molecule has 3 heteroatoms. The van der Waals surface area contributed by atoms with E-state index in [0.717, 1.165) is 12.8 Å². The van der Waals surface area contributed by atoms with Gasteiger partial charge in [-0.05, 0) is 35.6 Å². The van der Waals surface area contributed by atoms with Gasteiger partial charge in [0.25, 0.3) is 0 Å². The Morgan fingerprint density at radius 1 is 1.09 bits per heavy atom. The van der Waals surface area contributed by atoms with Crippen LogP contribution in [-0.2, 0) is 13.0 Å². The summed E-state index contributed by atoms with van der Waals surface area (Å²) < 4.78 is 2.25. The molecule has 22 heavy (non-hydrogen) atoms. The van der Waals surface area contributed by atoms with Gasteiger partial charge in [-0.1, -0.05) is 42.5 Å². The van der Waals surface area contributed by atoms with E-state index in [9.17, 15) is 5.11 Å². The van der Waals surface area contributed by atoms with Crippen LogP contribution in [-0.4, -0.2) is 16.3 Å². The Labute approximate surface area is 130 Å². The van der Waals surface area contributed by atoms with E-state index in [-0.39, 0.29) is 12.6 Å². The van der Waals surface area contributed by atoms with Crippen molar-refractivity contribution in [1.29, 1.82) is 0 Å². The van der Waals surface area contributed by atoms with Crippen LogP contribution in [0.25, 0.3) is 22.2 Å². The molecular weight excluding hydrogens is 272 g/mol. The van der Waals surface area contributed by atoms with Gasteiger partial charge in [0.15, 0.2) is 0 Å². The van der Waals surface area contributed by atoms with Gasteiger partial charge in [0.1, 0.15) is 0 Å². The Hall–Kier alpha value is -2.10. The maximum Gasteiger partial charge on any atom is 0.0610 e. The Morgan fingerprint density at radius 2 is 1.91 bits per heavy atom. The van der Waals surface area contributed by atoms with E-state index in [4.69, 9.17) is 5.73 Å². The first-order chi connectivity index (χ1) is 10.8. The summed E-state index contributed by atoms with van der Waals surface area (Å²) in [5.41, 5.74) is 12.6. The van der Waals surface area contributed by atoms with Crippen molar-refractivity contribution >= 4 is 10.9 Å². The smallest absolute Gasteiger partial charge is 0.0610 e. The van der Waals surface area contributed by atoms with Crippen LogP contribution >= 0.6 is 0 Å². The van der Waals surface area contributed by atoms with Gasteiger partial charge in [0.05, 0.1) is 12.3 Å². The summed E-state index contributed by atoms with van der Waals surface area (Å²) in [6, 6.07) is 16.9. The van der Waals surface area contributed by atoms with Crippen LogP contribution in [0.15, 0.2) is 48.5 Å². The van der Waals surface area contributed by atoms with Crippen LogP contribution in [0.3, 0.4) is 0 Å². The zero-order valence-electron chi connectivity index (χ0n) is 12.5. The Kier molecular flexibility index (Phi) is 3.25. The third kappa shape index (κ3) is 1.90. The molecule has 1 aromatic heterocycles. The van der Waals surface area contributed by atoms with Crippen molar-refractivity contribution in [2.45, 2.75) is 25.4 Å². The van der Waals surface area contributed by atoms with Gasteiger partial charge in [-0.2, -0.15) is 0 Å². The van der Waals surface area contributed by atoms with Gasteiger partial charge in [-0.25, -0.2) is 0 Å². The van der Waals surface area contributed by atoms with Crippen LogP contribution in [0.1, 0.15) is 23.6 Å². The molecular formula is C19H20N2O. The monoisotopic (exact) mass is 292 g/mol. The van der Waals surface area contributed by atoms with Crippen molar-refractivity contribution in [2.75, 3.05) is 6.61 Å². The van der Waals surface area contributed by atoms with Crippen LogP contribution in [0.4, 0.5) is 0 Å². The summed E-state index contributed by atoms with van der Waals surface area (Å²) in [6.07, 6.45) is 1.98. The number of nitrogens with two attached hydrogens (primary N) is 1. The molecule has 0 aliphatic heterocycles. The highest BCUT2D eigenvalue weighted by Gasteiger charge is 2.26. The lowest BCUT2D eigenvalue weighted by molar-refractivity contribution is 0.278. The lowest BCUT2D eigenvalue weighted by Gasteiger charge is -2.20. The number of rotatable bonds is 3. The number of aliphatic hydroxyl groups excluding tert-OH is 1. The molecule has 1 atom stereocenters. The van der Waals surface area contributed by atoms with Gasteiger partial charge in [-0.15, -0.1) is 0 Å². The molecule has 0 saturated heterocycles. The Morgan fingerprint density at radius 3 is 2.68 bits per heavy atom. The molecule has 112 valence electrons. The maximum atomic E-state index is 9.52. The fourth-order valence-electron chi connectivity index (χ4n) is 3.78. The lowest BCUT2D eigenvalue weighted by atomic mass is 9.87. The van der Waals surface area contributed by atoms with Gasteiger partial charge >= 0.3 is 0 Å². The number of nitrogens with zero attached hydrogens (tertiary/aromatic N) is 1. The van der Waals surface area contributed by atoms with Gasteiger partial charge in [0.2, 0.25) is 0 Å². The Bertz CT molecular complexity index is 820. The molecule has 0 saturated carbocycles. The first-order valence-electron chi connectivity index (χ1n) is 7.87. The highest BCUT2D eigenvalue weighted by molar-refractivity contribution is 5.95. The summed E-state index contributed by atoms with van der Waals surface area (Å²) in [6.45, 7) is 0.749. The number of hydrogen-bond acceptors (Lipinski definition) is 2. The van der Waals surface area contributed by atoms with Crippen molar-refractivity contribution < 1.29 is 5.11 Å². The predicted octanol–water partition coefficient (Wildman–Crippen LogP) is 3.25. The van der Waals surface area contributed by atoms with Crippen molar-refractivity contribution in [3.8, 4) is 11.3 Å². The van der Waals surface area contributed by atoms with Crippen LogP contribution in [0.5, 0.6) is 0 Å². The summed E-state index contributed by atoms with van der Waals surface area (Å²) in [5, 5.41) is 10.8. The number of benzene rings is 2. The molecule has 0 spiro atoms. The number of aliphatic hydroxyl groups is 1. The van der Waals surface area contributed by atoms with E-state index >= 15 is 0 Å². The minimum atomic E-state index is 0.116. The summed E-state index contributed by atoms with van der Waals surface area (Å²) in [5.74, 6) is 0. The molecule has 3 N–H and O–H groups in total. The molecule has 2 aromatic carbocycles. The molecule has 3 aromatic rings. The molecule has 1 aliphatic rings. The predicted molar refractivity (Wildman–Crippen MR) is 89.7 cm³/mol. The van der Waals surface area contributed by atoms with E-state index in [1.54, 1.807) is 0 Å². The molecule has 0 bridgehead atoms. The number of aryl methyl sites for hydroxylation is 1. The van der Waals surface area contributed by atoms with Crippen molar-refractivity contribution in [2.24, 2.45) is 5.73 Å². The average molecular weight is 292 g/mol. The summed E-state index contributed by atoms with van der Waals surface area (Å²) in [7, 11) is 0. The SMILES string of the molecule is NC1CCc2c(-c3ccccc3)n(CCO)c3cccc1c23. The normalized spacial score (nSPS) is 17.1. The van der Waals surface area contributed by atoms with Crippen molar-refractivity contribution in [1.82, 2.24) is 4.57 Å². The molecule has 4 rings (SSSR count). The van der Waals surface area contributed by atoms with Crippen LogP contribution in [0.2, 0.25) is 0 Å². The quantitative estimate of drug-likeness (QED) is 0.778. The molecule has 1 unspecified atom stereocenters. The van der Waals surface area contributed by atoms with E-state index in [2.05, 4.69) is 47.0 Å². The van der Waals surface area contributed by atoms with Crippen LogP contribution < -0.4 is 5.73 Å². The van der Waals surface area contributed by atoms with Gasteiger partial charge < -0.3 is 15.4 Å². The molecule has 1 heterocycles. The average Bonchev–Trinajstić information content (AvgIpc) is 2.87. The number of hydrogen-bond donors (Lipinski definition) is 2. The number of aromatic nitrogens is 1. The van der Waals surface area contributed by atoms with E-state index < -0.39 is 0 Å². The standard InChI is InChI=1S/C19H20N2O/c20-16-10-9-15-18-14(16)7-4-8-17(18)21(11-12-22)19(15)13-5-2-1-3-6-13/h1-8,16,22H,9-12,20H2. The molecule has 1 aliphatic carbocycles.